The number of hydrogen-bond acceptors (Lipinski definition) is 6. The summed E-state index contributed by atoms with van der Waals surface area (Å²) >= 11 is 0. The van der Waals surface area contributed by atoms with Crippen LogP contribution in [0.5, 0.6) is 0 Å². The van der Waals surface area contributed by atoms with E-state index in [-0.39, 0.29) is 24.8 Å². The van der Waals surface area contributed by atoms with Crippen LogP contribution in [0, 0.1) is 0 Å². The van der Waals surface area contributed by atoms with Gasteiger partial charge in [0.15, 0.2) is 0 Å². The van der Waals surface area contributed by atoms with E-state index in [2.05, 4.69) is 0 Å². The molecule has 0 unspecified atom stereocenters. The maximum atomic E-state index is 11.4. The highest BCUT2D eigenvalue weighted by Crippen LogP contribution is 2.36. The fraction of sp³-hybridized carbons (Fsp3) is 0.333. The molecular formula is C18H22N2O4. The van der Waals surface area contributed by atoms with E-state index in [1.54, 1.807) is 0 Å². The van der Waals surface area contributed by atoms with Crippen LogP contribution in [0.25, 0.3) is 10.8 Å². The zero-order valence-electron chi connectivity index (χ0n) is 13.9. The van der Waals surface area contributed by atoms with Crippen LogP contribution in [0.15, 0.2) is 24.3 Å². The van der Waals surface area contributed by atoms with Crippen molar-refractivity contribution in [1.82, 2.24) is 0 Å². The van der Waals surface area contributed by atoms with Crippen LogP contribution in [-0.4, -0.2) is 26.2 Å². The van der Waals surface area contributed by atoms with Gasteiger partial charge in [-0.25, -0.2) is 0 Å². The van der Waals surface area contributed by atoms with Gasteiger partial charge in [0.1, 0.15) is 0 Å². The van der Waals surface area contributed by atoms with Gasteiger partial charge in [-0.05, 0) is 34.7 Å². The maximum Gasteiger partial charge on any atom is 0.305 e. The summed E-state index contributed by atoms with van der Waals surface area (Å²) < 4.78 is 9.39. The number of hydrogen-bond donors (Lipinski definition) is 2. The van der Waals surface area contributed by atoms with Gasteiger partial charge in [-0.2, -0.15) is 0 Å². The average Bonchev–Trinajstić information content (AvgIpc) is 2.61. The second kappa shape index (κ2) is 7.68. The molecule has 2 rings (SSSR count). The van der Waals surface area contributed by atoms with Gasteiger partial charge in [-0.3, -0.25) is 9.59 Å². The summed E-state index contributed by atoms with van der Waals surface area (Å²) in [6.07, 6.45) is 1.35. The van der Waals surface area contributed by atoms with E-state index in [0.717, 1.165) is 21.9 Å². The Morgan fingerprint density at radius 2 is 1.21 bits per heavy atom. The number of methoxy groups -OCH3 is 2. The smallest absolute Gasteiger partial charge is 0.305 e. The minimum absolute atomic E-state index is 0.228. The lowest BCUT2D eigenvalue weighted by Gasteiger charge is -2.17. The molecule has 6 heteroatoms. The van der Waals surface area contributed by atoms with Crippen molar-refractivity contribution < 1.29 is 19.1 Å². The Morgan fingerprint density at radius 3 is 1.54 bits per heavy atom. The standard InChI is InChI=1S/C18H22N2O4/c1-23-15(21)9-7-13-11-5-3-4-6-12(11)14(18(20)17(13)19)8-10-16(22)24-2/h3-6H,7-10,19-20H2,1-2H3. The first-order valence-corrected chi connectivity index (χ1v) is 7.70. The number of rotatable bonds is 6. The summed E-state index contributed by atoms with van der Waals surface area (Å²) in [6.45, 7) is 0. The molecule has 4 N–H and O–H groups in total. The highest BCUT2D eigenvalue weighted by Gasteiger charge is 2.17. The van der Waals surface area contributed by atoms with Crippen LogP contribution in [0.2, 0.25) is 0 Å². The first kappa shape index (κ1) is 17.6. The molecular weight excluding hydrogens is 308 g/mol. The molecule has 0 amide bonds. The highest BCUT2D eigenvalue weighted by molar-refractivity contribution is 5.99. The SMILES string of the molecule is COC(=O)CCc1c(N)c(N)c(CCC(=O)OC)c2ccccc12. The molecule has 0 saturated carbocycles. The Hall–Kier alpha value is -2.76. The first-order chi connectivity index (χ1) is 11.5. The number of anilines is 2. The van der Waals surface area contributed by atoms with Crippen molar-refractivity contribution >= 4 is 34.1 Å². The van der Waals surface area contributed by atoms with E-state index in [0.29, 0.717) is 24.2 Å². The zero-order valence-corrected chi connectivity index (χ0v) is 13.9. The molecule has 0 atom stereocenters. The van der Waals surface area contributed by atoms with Crippen LogP contribution in [0.3, 0.4) is 0 Å². The molecule has 0 bridgehead atoms. The normalized spacial score (nSPS) is 10.6. The third-order valence-corrected chi connectivity index (χ3v) is 4.13. The molecule has 128 valence electrons. The molecule has 0 radical (unpaired) electrons. The number of carbonyl (C=O) groups is 2. The van der Waals surface area contributed by atoms with Crippen molar-refractivity contribution in [2.45, 2.75) is 25.7 Å². The van der Waals surface area contributed by atoms with Gasteiger partial charge < -0.3 is 20.9 Å². The number of carbonyl (C=O) groups excluding carboxylic acids is 2. The molecule has 0 spiro atoms. The number of fused-ring (bicyclic) bond motifs is 1. The van der Waals surface area contributed by atoms with E-state index in [9.17, 15) is 9.59 Å². The molecule has 2 aromatic rings. The summed E-state index contributed by atoms with van der Waals surface area (Å²) in [5.74, 6) is -0.598. The molecule has 24 heavy (non-hydrogen) atoms. The van der Waals surface area contributed by atoms with Gasteiger partial charge in [0.05, 0.1) is 25.6 Å². The van der Waals surface area contributed by atoms with Gasteiger partial charge in [-0.15, -0.1) is 0 Å². The minimum atomic E-state index is -0.299. The minimum Gasteiger partial charge on any atom is -0.469 e. The highest BCUT2D eigenvalue weighted by atomic mass is 16.5. The predicted molar refractivity (Wildman–Crippen MR) is 93.4 cm³/mol. The van der Waals surface area contributed by atoms with Gasteiger partial charge >= 0.3 is 11.9 Å². The summed E-state index contributed by atoms with van der Waals surface area (Å²) in [5, 5.41) is 1.88. The maximum absolute atomic E-state index is 11.4. The van der Waals surface area contributed by atoms with Gasteiger partial charge in [0.2, 0.25) is 0 Å². The summed E-state index contributed by atoms with van der Waals surface area (Å²) in [6, 6.07) is 7.70. The summed E-state index contributed by atoms with van der Waals surface area (Å²) in [7, 11) is 2.71. The zero-order chi connectivity index (χ0) is 17.7. The van der Waals surface area contributed by atoms with Crippen molar-refractivity contribution in [2.24, 2.45) is 0 Å². The topological polar surface area (TPSA) is 105 Å². The lowest BCUT2D eigenvalue weighted by molar-refractivity contribution is -0.141. The van der Waals surface area contributed by atoms with E-state index < -0.39 is 0 Å². The number of nitrogen functional groups attached to an aromatic ring is 2. The number of benzene rings is 2. The number of esters is 2. The van der Waals surface area contributed by atoms with Crippen LogP contribution in [0.1, 0.15) is 24.0 Å². The average molecular weight is 330 g/mol. The van der Waals surface area contributed by atoms with Crippen LogP contribution < -0.4 is 11.5 Å². The number of aryl methyl sites for hydroxylation is 2. The molecule has 0 heterocycles. The Kier molecular flexibility index (Phi) is 5.63. The van der Waals surface area contributed by atoms with Gasteiger partial charge in [0, 0.05) is 12.8 Å². The van der Waals surface area contributed by atoms with Crippen LogP contribution in [0.4, 0.5) is 11.4 Å². The monoisotopic (exact) mass is 330 g/mol. The second-order valence-corrected chi connectivity index (χ2v) is 5.48. The Balaban J connectivity index is 2.48. The van der Waals surface area contributed by atoms with E-state index in [4.69, 9.17) is 20.9 Å². The van der Waals surface area contributed by atoms with Gasteiger partial charge in [-0.1, -0.05) is 24.3 Å². The lowest BCUT2D eigenvalue weighted by atomic mass is 9.91. The van der Waals surface area contributed by atoms with Crippen LogP contribution >= 0.6 is 0 Å². The predicted octanol–water partition coefficient (Wildman–Crippen LogP) is 2.22. The number of nitrogens with two attached hydrogens (primary N) is 2. The molecule has 0 aliphatic carbocycles. The van der Waals surface area contributed by atoms with Gasteiger partial charge in [0.25, 0.3) is 0 Å². The molecule has 6 nitrogen and oxygen atoms in total. The third kappa shape index (κ3) is 3.59. The molecule has 0 saturated heterocycles. The van der Waals surface area contributed by atoms with Crippen LogP contribution in [-0.2, 0) is 31.9 Å². The molecule has 2 aromatic carbocycles. The fourth-order valence-electron chi connectivity index (χ4n) is 2.82. The van der Waals surface area contributed by atoms with E-state index >= 15 is 0 Å². The largest absolute Gasteiger partial charge is 0.469 e. The van der Waals surface area contributed by atoms with Crippen molar-refractivity contribution in [2.75, 3.05) is 25.7 Å². The Labute approximate surface area is 140 Å². The molecule has 0 aliphatic rings. The summed E-state index contributed by atoms with van der Waals surface area (Å²) in [4.78, 5) is 22.9. The van der Waals surface area contributed by atoms with Crippen molar-refractivity contribution in [3.05, 3.63) is 35.4 Å². The Bertz CT molecular complexity index is 707. The first-order valence-electron chi connectivity index (χ1n) is 7.70. The van der Waals surface area contributed by atoms with E-state index in [1.807, 2.05) is 24.3 Å². The van der Waals surface area contributed by atoms with Crippen molar-refractivity contribution in [1.29, 1.82) is 0 Å². The van der Waals surface area contributed by atoms with Crippen molar-refractivity contribution in [3.8, 4) is 0 Å². The third-order valence-electron chi connectivity index (χ3n) is 4.13. The number of ether oxygens (including phenoxy) is 2. The molecule has 0 fully saturated rings. The van der Waals surface area contributed by atoms with Crippen molar-refractivity contribution in [3.63, 3.8) is 0 Å². The molecule has 0 aromatic heterocycles. The summed E-state index contributed by atoms with van der Waals surface area (Å²) in [5.41, 5.74) is 15.0. The van der Waals surface area contributed by atoms with E-state index in [1.165, 1.54) is 14.2 Å². The molecule has 0 aliphatic heterocycles. The quantitative estimate of drug-likeness (QED) is 0.621. The fourth-order valence-corrected chi connectivity index (χ4v) is 2.82. The lowest BCUT2D eigenvalue weighted by Crippen LogP contribution is -2.10. The second-order valence-electron chi connectivity index (χ2n) is 5.48. The Morgan fingerprint density at radius 1 is 0.833 bits per heavy atom.